The molecule has 84 valence electrons. The van der Waals surface area contributed by atoms with Crippen LogP contribution < -0.4 is 0 Å². The highest BCUT2D eigenvalue weighted by atomic mass is 16.4. The first-order valence-corrected chi connectivity index (χ1v) is 5.37. The van der Waals surface area contributed by atoms with Crippen LogP contribution in [0.2, 0.25) is 0 Å². The minimum atomic E-state index is -0.709. The van der Waals surface area contributed by atoms with E-state index in [2.05, 4.69) is 25.7 Å². The molecule has 0 aliphatic heterocycles. The van der Waals surface area contributed by atoms with E-state index in [1.165, 1.54) is 0 Å². The lowest BCUT2D eigenvalue weighted by Gasteiger charge is -2.31. The maximum Gasteiger partial charge on any atom is 0.307 e. The van der Waals surface area contributed by atoms with Gasteiger partial charge in [0.15, 0.2) is 0 Å². The fourth-order valence-electron chi connectivity index (χ4n) is 1.57. The Balaban J connectivity index is 4.29. The number of hydrogen-bond donors (Lipinski definition) is 1. The molecular weight excluding hydrogens is 178 g/mol. The Bertz CT molecular complexity index is 180. The van der Waals surface area contributed by atoms with Crippen molar-refractivity contribution in [2.45, 2.75) is 40.7 Å². The Morgan fingerprint density at radius 1 is 1.29 bits per heavy atom. The number of carboxylic acids is 1. The summed E-state index contributed by atoms with van der Waals surface area (Å²) < 4.78 is 0. The summed E-state index contributed by atoms with van der Waals surface area (Å²) >= 11 is 0. The quantitative estimate of drug-likeness (QED) is 0.715. The van der Waals surface area contributed by atoms with Crippen molar-refractivity contribution in [3.05, 3.63) is 0 Å². The summed E-state index contributed by atoms with van der Waals surface area (Å²) in [4.78, 5) is 13.0. The van der Waals surface area contributed by atoms with Gasteiger partial charge in [0.05, 0.1) is 5.92 Å². The van der Waals surface area contributed by atoms with Crippen molar-refractivity contribution in [1.29, 1.82) is 0 Å². The fourth-order valence-corrected chi connectivity index (χ4v) is 1.57. The molecule has 0 saturated heterocycles. The zero-order valence-electron chi connectivity index (χ0n) is 9.95. The van der Waals surface area contributed by atoms with E-state index >= 15 is 0 Å². The largest absolute Gasteiger partial charge is 0.481 e. The summed E-state index contributed by atoms with van der Waals surface area (Å²) in [5.41, 5.74) is 0. The van der Waals surface area contributed by atoms with Gasteiger partial charge in [0, 0.05) is 12.6 Å². The molecule has 3 heteroatoms. The maximum absolute atomic E-state index is 10.8. The molecule has 0 fully saturated rings. The summed E-state index contributed by atoms with van der Waals surface area (Å²) in [5.74, 6) is -0.424. The maximum atomic E-state index is 10.8. The van der Waals surface area contributed by atoms with Crippen LogP contribution >= 0.6 is 0 Å². The zero-order valence-corrected chi connectivity index (χ0v) is 9.95. The lowest BCUT2D eigenvalue weighted by atomic mass is 10.0. The predicted molar refractivity (Wildman–Crippen MR) is 58.3 cm³/mol. The van der Waals surface area contributed by atoms with Crippen LogP contribution in [-0.4, -0.2) is 35.1 Å². The minimum Gasteiger partial charge on any atom is -0.481 e. The number of carboxylic acid groups (broad SMARTS) is 1. The van der Waals surface area contributed by atoms with E-state index in [0.29, 0.717) is 5.92 Å². The van der Waals surface area contributed by atoms with Crippen molar-refractivity contribution < 1.29 is 9.90 Å². The van der Waals surface area contributed by atoms with E-state index in [1.54, 1.807) is 6.92 Å². The summed E-state index contributed by atoms with van der Waals surface area (Å²) in [6.07, 6.45) is 0. The van der Waals surface area contributed by atoms with Crippen LogP contribution in [0, 0.1) is 11.8 Å². The molecule has 0 saturated carbocycles. The van der Waals surface area contributed by atoms with Gasteiger partial charge in [-0.05, 0) is 19.4 Å². The van der Waals surface area contributed by atoms with Gasteiger partial charge < -0.3 is 5.11 Å². The van der Waals surface area contributed by atoms with Gasteiger partial charge >= 0.3 is 5.97 Å². The molecule has 2 unspecified atom stereocenters. The van der Waals surface area contributed by atoms with Gasteiger partial charge in [-0.1, -0.05) is 27.7 Å². The molecule has 3 nitrogen and oxygen atoms in total. The Hall–Kier alpha value is -0.570. The van der Waals surface area contributed by atoms with E-state index in [0.717, 1.165) is 13.1 Å². The van der Waals surface area contributed by atoms with E-state index in [9.17, 15) is 4.79 Å². The lowest BCUT2D eigenvalue weighted by molar-refractivity contribution is -0.143. The van der Waals surface area contributed by atoms with Gasteiger partial charge in [-0.2, -0.15) is 0 Å². The number of hydrogen-bond acceptors (Lipinski definition) is 2. The second-order valence-corrected chi connectivity index (χ2v) is 4.35. The van der Waals surface area contributed by atoms with Gasteiger partial charge in [-0.15, -0.1) is 0 Å². The van der Waals surface area contributed by atoms with Crippen molar-refractivity contribution in [3.8, 4) is 0 Å². The van der Waals surface area contributed by atoms with E-state index in [4.69, 9.17) is 5.11 Å². The average Bonchev–Trinajstić information content (AvgIpc) is 2.11. The summed E-state index contributed by atoms with van der Waals surface area (Å²) in [6.45, 7) is 12.0. The van der Waals surface area contributed by atoms with Gasteiger partial charge in [-0.3, -0.25) is 9.69 Å². The summed E-state index contributed by atoms with van der Waals surface area (Å²) in [6, 6.07) is 0.111. The van der Waals surface area contributed by atoms with Gasteiger partial charge in [-0.25, -0.2) is 0 Å². The van der Waals surface area contributed by atoms with Crippen LogP contribution in [0.15, 0.2) is 0 Å². The van der Waals surface area contributed by atoms with Crippen LogP contribution in [-0.2, 0) is 4.79 Å². The van der Waals surface area contributed by atoms with Crippen molar-refractivity contribution in [3.63, 3.8) is 0 Å². The SMILES string of the molecule is CCN(CC(C)C)C(C)C(C)C(=O)O. The van der Waals surface area contributed by atoms with Crippen LogP contribution in [0.3, 0.4) is 0 Å². The first-order valence-electron chi connectivity index (χ1n) is 5.37. The molecule has 14 heavy (non-hydrogen) atoms. The summed E-state index contributed by atoms with van der Waals surface area (Å²) in [7, 11) is 0. The molecule has 0 aromatic carbocycles. The minimum absolute atomic E-state index is 0.111. The first kappa shape index (κ1) is 13.4. The molecule has 0 heterocycles. The number of rotatable bonds is 6. The Morgan fingerprint density at radius 2 is 1.79 bits per heavy atom. The van der Waals surface area contributed by atoms with Gasteiger partial charge in [0.1, 0.15) is 0 Å². The topological polar surface area (TPSA) is 40.5 Å². The Kier molecular flexibility index (Phi) is 5.77. The van der Waals surface area contributed by atoms with Gasteiger partial charge in [0.25, 0.3) is 0 Å². The third-order valence-corrected chi connectivity index (χ3v) is 2.69. The highest BCUT2D eigenvalue weighted by Crippen LogP contribution is 2.12. The van der Waals surface area contributed by atoms with Crippen LogP contribution in [0.4, 0.5) is 0 Å². The van der Waals surface area contributed by atoms with Gasteiger partial charge in [0.2, 0.25) is 0 Å². The normalized spacial score (nSPS) is 15.9. The number of carbonyl (C=O) groups is 1. The number of nitrogens with zero attached hydrogens (tertiary/aromatic N) is 1. The highest BCUT2D eigenvalue weighted by Gasteiger charge is 2.24. The zero-order chi connectivity index (χ0) is 11.3. The Labute approximate surface area is 87.1 Å². The van der Waals surface area contributed by atoms with E-state index in [-0.39, 0.29) is 12.0 Å². The van der Waals surface area contributed by atoms with E-state index in [1.807, 2.05) is 6.92 Å². The van der Waals surface area contributed by atoms with Crippen LogP contribution in [0.25, 0.3) is 0 Å². The molecule has 0 aromatic heterocycles. The molecule has 0 bridgehead atoms. The third kappa shape index (κ3) is 4.09. The fraction of sp³-hybridized carbons (Fsp3) is 0.909. The van der Waals surface area contributed by atoms with Crippen molar-refractivity contribution >= 4 is 5.97 Å². The molecule has 0 rings (SSSR count). The monoisotopic (exact) mass is 201 g/mol. The molecule has 0 spiro atoms. The Morgan fingerprint density at radius 3 is 2.07 bits per heavy atom. The lowest BCUT2D eigenvalue weighted by Crippen LogP contribution is -2.42. The molecule has 2 atom stereocenters. The molecule has 0 radical (unpaired) electrons. The average molecular weight is 201 g/mol. The first-order chi connectivity index (χ1) is 6.40. The molecule has 0 aliphatic carbocycles. The van der Waals surface area contributed by atoms with Crippen LogP contribution in [0.5, 0.6) is 0 Å². The predicted octanol–water partition coefficient (Wildman–Crippen LogP) is 2.07. The second-order valence-electron chi connectivity index (χ2n) is 4.35. The summed E-state index contributed by atoms with van der Waals surface area (Å²) in [5, 5.41) is 8.90. The molecule has 0 amide bonds. The molecule has 1 N–H and O–H groups in total. The second kappa shape index (κ2) is 6.02. The van der Waals surface area contributed by atoms with Crippen molar-refractivity contribution in [1.82, 2.24) is 4.90 Å². The molecular formula is C11H23NO2. The number of aliphatic carboxylic acids is 1. The standard InChI is InChI=1S/C11H23NO2/c1-6-12(7-8(2)3)10(5)9(4)11(13)14/h8-10H,6-7H2,1-5H3,(H,13,14). The smallest absolute Gasteiger partial charge is 0.307 e. The van der Waals surface area contributed by atoms with Crippen molar-refractivity contribution in [2.24, 2.45) is 11.8 Å². The molecule has 0 aromatic rings. The highest BCUT2D eigenvalue weighted by molar-refractivity contribution is 5.70. The molecule has 0 aliphatic rings. The third-order valence-electron chi connectivity index (χ3n) is 2.69. The van der Waals surface area contributed by atoms with E-state index < -0.39 is 5.97 Å². The van der Waals surface area contributed by atoms with Crippen molar-refractivity contribution in [2.75, 3.05) is 13.1 Å². The van der Waals surface area contributed by atoms with Crippen LogP contribution in [0.1, 0.15) is 34.6 Å².